The summed E-state index contributed by atoms with van der Waals surface area (Å²) >= 11 is 0. The molecule has 1 heterocycles. The minimum Gasteiger partial charge on any atom is -0.385 e. The highest BCUT2D eigenvalue weighted by Crippen LogP contribution is 2.07. The number of rotatable bonds is 10. The Balaban J connectivity index is 2.23. The third kappa shape index (κ3) is 6.52. The maximum atomic E-state index is 11.9. The number of pyridine rings is 1. The summed E-state index contributed by atoms with van der Waals surface area (Å²) in [5.41, 5.74) is 1.35. The van der Waals surface area contributed by atoms with Crippen LogP contribution in [0, 0.1) is 0 Å². The fourth-order valence-corrected chi connectivity index (χ4v) is 1.68. The number of aromatic nitrogens is 1. The molecule has 1 amide bonds. The number of carbonyl (C=O) groups excluding carboxylic acids is 1. The van der Waals surface area contributed by atoms with E-state index in [0.717, 1.165) is 38.1 Å². The smallest absolute Gasteiger partial charge is 0.269 e. The molecular weight excluding hydrogens is 254 g/mol. The van der Waals surface area contributed by atoms with Crippen LogP contribution in [0.15, 0.2) is 18.3 Å². The van der Waals surface area contributed by atoms with Gasteiger partial charge < -0.3 is 15.4 Å². The van der Waals surface area contributed by atoms with Crippen molar-refractivity contribution in [2.24, 2.45) is 0 Å². The van der Waals surface area contributed by atoms with Gasteiger partial charge in [0, 0.05) is 38.2 Å². The predicted molar refractivity (Wildman–Crippen MR) is 81.1 cm³/mol. The van der Waals surface area contributed by atoms with E-state index in [9.17, 15) is 4.79 Å². The zero-order chi connectivity index (χ0) is 14.6. The second-order valence-corrected chi connectivity index (χ2v) is 4.54. The Morgan fingerprint density at radius 1 is 1.30 bits per heavy atom. The van der Waals surface area contributed by atoms with Gasteiger partial charge in [0.2, 0.25) is 0 Å². The zero-order valence-electron chi connectivity index (χ0n) is 12.4. The Labute approximate surface area is 121 Å². The minimum atomic E-state index is -0.140. The normalized spacial score (nSPS) is 10.3. The highest BCUT2D eigenvalue weighted by molar-refractivity contribution is 5.93. The van der Waals surface area contributed by atoms with Crippen molar-refractivity contribution < 1.29 is 9.53 Å². The molecule has 1 aromatic heterocycles. The summed E-state index contributed by atoms with van der Waals surface area (Å²) in [5.74, 6) is -0.140. The second-order valence-electron chi connectivity index (χ2n) is 4.54. The number of nitrogens with zero attached hydrogens (tertiary/aromatic N) is 1. The lowest BCUT2D eigenvalue weighted by Crippen LogP contribution is -2.26. The van der Waals surface area contributed by atoms with E-state index in [0.29, 0.717) is 18.8 Å². The highest BCUT2D eigenvalue weighted by Gasteiger charge is 2.06. The van der Waals surface area contributed by atoms with E-state index in [2.05, 4.69) is 22.5 Å². The molecule has 112 valence electrons. The molecule has 0 atom stereocenters. The maximum Gasteiger partial charge on any atom is 0.269 e. The van der Waals surface area contributed by atoms with Gasteiger partial charge >= 0.3 is 0 Å². The molecule has 20 heavy (non-hydrogen) atoms. The molecule has 1 aromatic rings. The number of amides is 1. The largest absolute Gasteiger partial charge is 0.385 e. The monoisotopic (exact) mass is 279 g/mol. The van der Waals surface area contributed by atoms with Crippen molar-refractivity contribution in [1.29, 1.82) is 0 Å². The SMILES string of the molecule is CCCCOCCCNC(=O)c1cc(NCC)ccn1. The van der Waals surface area contributed by atoms with Crippen molar-refractivity contribution in [1.82, 2.24) is 10.3 Å². The van der Waals surface area contributed by atoms with Crippen LogP contribution >= 0.6 is 0 Å². The fourth-order valence-electron chi connectivity index (χ4n) is 1.68. The minimum absolute atomic E-state index is 0.140. The first-order chi connectivity index (χ1) is 9.77. The van der Waals surface area contributed by atoms with Crippen molar-refractivity contribution in [3.05, 3.63) is 24.0 Å². The third-order valence-corrected chi connectivity index (χ3v) is 2.77. The first-order valence-electron chi connectivity index (χ1n) is 7.33. The molecule has 0 bridgehead atoms. The quantitative estimate of drug-likeness (QED) is 0.646. The van der Waals surface area contributed by atoms with E-state index in [-0.39, 0.29) is 5.91 Å². The van der Waals surface area contributed by atoms with Gasteiger partial charge in [0.15, 0.2) is 0 Å². The molecule has 0 radical (unpaired) electrons. The third-order valence-electron chi connectivity index (χ3n) is 2.77. The molecule has 1 rings (SSSR count). The van der Waals surface area contributed by atoms with Crippen molar-refractivity contribution in [2.45, 2.75) is 33.1 Å². The topological polar surface area (TPSA) is 63.2 Å². The maximum absolute atomic E-state index is 11.9. The predicted octanol–water partition coefficient (Wildman–Crippen LogP) is 2.45. The first kappa shape index (κ1) is 16.4. The van der Waals surface area contributed by atoms with E-state index in [1.165, 1.54) is 0 Å². The summed E-state index contributed by atoms with van der Waals surface area (Å²) < 4.78 is 5.44. The van der Waals surface area contributed by atoms with Crippen molar-refractivity contribution >= 4 is 11.6 Å². The molecule has 0 unspecified atom stereocenters. The summed E-state index contributed by atoms with van der Waals surface area (Å²) in [6.45, 7) is 7.07. The Hall–Kier alpha value is -1.62. The van der Waals surface area contributed by atoms with Crippen LogP contribution < -0.4 is 10.6 Å². The van der Waals surface area contributed by atoms with Gasteiger partial charge in [0.05, 0.1) is 0 Å². The van der Waals surface area contributed by atoms with Crippen molar-refractivity contribution in [2.75, 3.05) is 31.6 Å². The number of anilines is 1. The number of nitrogens with one attached hydrogen (secondary N) is 2. The molecule has 0 aliphatic rings. The van der Waals surface area contributed by atoms with Gasteiger partial charge in [-0.05, 0) is 31.9 Å². The van der Waals surface area contributed by atoms with Crippen molar-refractivity contribution in [3.8, 4) is 0 Å². The van der Waals surface area contributed by atoms with Crippen LogP contribution in [0.25, 0.3) is 0 Å². The molecule has 0 saturated heterocycles. The zero-order valence-corrected chi connectivity index (χ0v) is 12.4. The van der Waals surface area contributed by atoms with Gasteiger partial charge in [0.25, 0.3) is 5.91 Å². The lowest BCUT2D eigenvalue weighted by molar-refractivity contribution is 0.0935. The Morgan fingerprint density at radius 2 is 2.10 bits per heavy atom. The lowest BCUT2D eigenvalue weighted by Gasteiger charge is -2.07. The molecule has 0 spiro atoms. The average Bonchev–Trinajstić information content (AvgIpc) is 2.47. The molecule has 0 aliphatic heterocycles. The molecule has 5 heteroatoms. The van der Waals surface area contributed by atoms with Crippen LogP contribution in [-0.2, 0) is 4.74 Å². The van der Waals surface area contributed by atoms with Gasteiger partial charge in [-0.25, -0.2) is 0 Å². The van der Waals surface area contributed by atoms with Crippen LogP contribution in [0.5, 0.6) is 0 Å². The molecular formula is C15H25N3O2. The number of hydrogen-bond acceptors (Lipinski definition) is 4. The fraction of sp³-hybridized carbons (Fsp3) is 0.600. The average molecular weight is 279 g/mol. The molecule has 0 saturated carbocycles. The summed E-state index contributed by atoms with van der Waals surface area (Å²) in [5, 5.41) is 6.01. The number of hydrogen-bond donors (Lipinski definition) is 2. The molecule has 0 aromatic carbocycles. The number of ether oxygens (including phenoxy) is 1. The van der Waals surface area contributed by atoms with Gasteiger partial charge in [-0.3, -0.25) is 9.78 Å². The highest BCUT2D eigenvalue weighted by atomic mass is 16.5. The molecule has 2 N–H and O–H groups in total. The van der Waals surface area contributed by atoms with Gasteiger partial charge in [-0.1, -0.05) is 13.3 Å². The Kier molecular flexibility index (Phi) is 8.38. The molecule has 0 aliphatic carbocycles. The van der Waals surface area contributed by atoms with Crippen LogP contribution in [0.2, 0.25) is 0 Å². The summed E-state index contributed by atoms with van der Waals surface area (Å²) in [6, 6.07) is 3.61. The van der Waals surface area contributed by atoms with Gasteiger partial charge in [-0.15, -0.1) is 0 Å². The van der Waals surface area contributed by atoms with E-state index in [4.69, 9.17) is 4.74 Å². The molecule has 5 nitrogen and oxygen atoms in total. The van der Waals surface area contributed by atoms with E-state index >= 15 is 0 Å². The molecule has 0 fully saturated rings. The van der Waals surface area contributed by atoms with E-state index in [1.54, 1.807) is 12.3 Å². The second kappa shape index (κ2) is 10.2. The summed E-state index contributed by atoms with van der Waals surface area (Å²) in [4.78, 5) is 16.0. The van der Waals surface area contributed by atoms with Gasteiger partial charge in [0.1, 0.15) is 5.69 Å². The summed E-state index contributed by atoms with van der Waals surface area (Å²) in [6.07, 6.45) is 4.70. The number of carbonyl (C=O) groups is 1. The summed E-state index contributed by atoms with van der Waals surface area (Å²) in [7, 11) is 0. The first-order valence-corrected chi connectivity index (χ1v) is 7.33. The van der Waals surface area contributed by atoms with E-state index in [1.807, 2.05) is 13.0 Å². The standard InChI is InChI=1S/C15H25N3O2/c1-3-5-10-20-11-6-8-18-15(19)14-12-13(16-4-2)7-9-17-14/h7,9,12H,3-6,8,10-11H2,1-2H3,(H,16,17)(H,18,19). The van der Waals surface area contributed by atoms with E-state index < -0.39 is 0 Å². The lowest BCUT2D eigenvalue weighted by atomic mass is 10.3. The van der Waals surface area contributed by atoms with Crippen molar-refractivity contribution in [3.63, 3.8) is 0 Å². The van der Waals surface area contributed by atoms with Crippen LogP contribution in [0.3, 0.4) is 0 Å². The van der Waals surface area contributed by atoms with Crippen LogP contribution in [0.4, 0.5) is 5.69 Å². The number of unbranched alkanes of at least 4 members (excludes halogenated alkanes) is 1. The van der Waals surface area contributed by atoms with Crippen LogP contribution in [-0.4, -0.2) is 37.2 Å². The van der Waals surface area contributed by atoms with Gasteiger partial charge in [-0.2, -0.15) is 0 Å². The Bertz CT molecular complexity index is 396. The Morgan fingerprint density at radius 3 is 2.85 bits per heavy atom. The van der Waals surface area contributed by atoms with Crippen LogP contribution in [0.1, 0.15) is 43.6 Å².